The minimum Gasteiger partial charge on any atom is -0.545 e. The molecule has 1 aliphatic carbocycles. The van der Waals surface area contributed by atoms with E-state index in [0.29, 0.717) is 10.9 Å². The van der Waals surface area contributed by atoms with E-state index in [1.165, 1.54) is 34.2 Å². The summed E-state index contributed by atoms with van der Waals surface area (Å²) in [5.74, 6) is -1.23. The van der Waals surface area contributed by atoms with Gasteiger partial charge in [-0.05, 0) is 42.4 Å². The quantitative estimate of drug-likeness (QED) is 0.670. The van der Waals surface area contributed by atoms with Crippen LogP contribution in [0.1, 0.15) is 39.2 Å². The van der Waals surface area contributed by atoms with Gasteiger partial charge < -0.3 is 9.90 Å². The van der Waals surface area contributed by atoms with Crippen LogP contribution in [0, 0.1) is 0 Å². The summed E-state index contributed by atoms with van der Waals surface area (Å²) in [6.07, 6.45) is 7.13. The van der Waals surface area contributed by atoms with Crippen molar-refractivity contribution < 1.29 is 9.90 Å². The minimum atomic E-state index is -1.23. The predicted molar refractivity (Wildman–Crippen MR) is 94.3 cm³/mol. The van der Waals surface area contributed by atoms with Gasteiger partial charge in [0, 0.05) is 4.88 Å². The molecule has 1 aromatic carbocycles. The van der Waals surface area contributed by atoms with Gasteiger partial charge in [0.05, 0.1) is 17.6 Å². The molecule has 3 aromatic rings. The molecule has 0 saturated heterocycles. The molecule has 0 fully saturated rings. The topological polar surface area (TPSA) is 87.4 Å². The highest BCUT2D eigenvalue weighted by atomic mass is 32.1. The average Bonchev–Trinajstić information content (AvgIpc) is 3.01. The molecule has 0 radical (unpaired) electrons. The van der Waals surface area contributed by atoms with Crippen LogP contribution in [0.15, 0.2) is 40.5 Å². The van der Waals surface area contributed by atoms with Crippen LogP contribution in [-0.2, 0) is 12.8 Å². The lowest BCUT2D eigenvalue weighted by atomic mass is 9.97. The summed E-state index contributed by atoms with van der Waals surface area (Å²) in [6.45, 7) is 0. The van der Waals surface area contributed by atoms with E-state index in [1.807, 2.05) is 0 Å². The molecule has 6 nitrogen and oxygen atoms in total. The second kappa shape index (κ2) is 6.25. The molecular weight excluding hydrogens is 338 g/mol. The highest BCUT2D eigenvalue weighted by molar-refractivity contribution is 7.18. The van der Waals surface area contributed by atoms with Crippen LogP contribution in [0.25, 0.3) is 10.2 Å². The largest absolute Gasteiger partial charge is 0.545 e. The van der Waals surface area contributed by atoms with Crippen molar-refractivity contribution in [1.29, 1.82) is 0 Å². The third-order valence-electron chi connectivity index (χ3n) is 4.34. The molecule has 126 valence electrons. The van der Waals surface area contributed by atoms with Crippen LogP contribution in [-0.4, -0.2) is 21.8 Å². The smallest absolute Gasteiger partial charge is 0.282 e. The van der Waals surface area contributed by atoms with Crippen LogP contribution in [0.4, 0.5) is 0 Å². The molecule has 0 spiro atoms. The monoisotopic (exact) mass is 352 g/mol. The summed E-state index contributed by atoms with van der Waals surface area (Å²) in [5, 5.41) is 15.6. The maximum absolute atomic E-state index is 12.8. The van der Waals surface area contributed by atoms with Crippen LogP contribution in [0.2, 0.25) is 0 Å². The number of carboxylic acid groups (broad SMARTS) is 1. The SMILES string of the molecule is O=C([O-])c1ccc(/C=N\n2cnc3sc4c(c3c2=O)CCCC4)cc1. The molecule has 7 heteroatoms. The van der Waals surface area contributed by atoms with Crippen LogP contribution in [0.3, 0.4) is 0 Å². The fourth-order valence-electron chi connectivity index (χ4n) is 3.05. The van der Waals surface area contributed by atoms with Crippen LogP contribution >= 0.6 is 11.3 Å². The maximum atomic E-state index is 12.8. The van der Waals surface area contributed by atoms with E-state index in [-0.39, 0.29) is 11.1 Å². The van der Waals surface area contributed by atoms with Crippen LogP contribution < -0.4 is 10.7 Å². The fourth-order valence-corrected chi connectivity index (χ4v) is 4.27. The number of hydrogen-bond donors (Lipinski definition) is 0. The second-order valence-electron chi connectivity index (χ2n) is 5.94. The summed E-state index contributed by atoms with van der Waals surface area (Å²) in [5.41, 5.74) is 1.75. The molecule has 0 atom stereocenters. The van der Waals surface area contributed by atoms with Gasteiger partial charge in [0.1, 0.15) is 11.2 Å². The lowest BCUT2D eigenvalue weighted by molar-refractivity contribution is -0.255. The number of aromatic carboxylic acids is 1. The van der Waals surface area contributed by atoms with Gasteiger partial charge in [-0.15, -0.1) is 11.3 Å². The molecule has 2 heterocycles. The van der Waals surface area contributed by atoms with Crippen molar-refractivity contribution in [3.8, 4) is 0 Å². The second-order valence-corrected chi connectivity index (χ2v) is 7.02. The molecule has 0 aliphatic heterocycles. The number of carbonyl (C=O) groups excluding carboxylic acids is 1. The number of aromatic nitrogens is 2. The molecule has 0 N–H and O–H groups in total. The molecule has 4 rings (SSSR count). The van der Waals surface area contributed by atoms with Gasteiger partial charge in [0.2, 0.25) is 0 Å². The number of thiophene rings is 1. The third-order valence-corrected chi connectivity index (χ3v) is 5.54. The van der Waals surface area contributed by atoms with Gasteiger partial charge >= 0.3 is 0 Å². The number of rotatable bonds is 3. The summed E-state index contributed by atoms with van der Waals surface area (Å²) < 4.78 is 1.23. The first-order valence-electron chi connectivity index (χ1n) is 8.01. The Kier molecular flexibility index (Phi) is 3.93. The van der Waals surface area contributed by atoms with Crippen molar-refractivity contribution in [2.45, 2.75) is 25.7 Å². The summed E-state index contributed by atoms with van der Waals surface area (Å²) >= 11 is 1.60. The first-order valence-corrected chi connectivity index (χ1v) is 8.83. The van der Waals surface area contributed by atoms with Gasteiger partial charge in [0.25, 0.3) is 5.56 Å². The summed E-state index contributed by atoms with van der Waals surface area (Å²) in [7, 11) is 0. The molecule has 0 bridgehead atoms. The number of carbonyl (C=O) groups is 1. The molecule has 0 unspecified atom stereocenters. The van der Waals surface area contributed by atoms with Crippen molar-refractivity contribution in [2.24, 2.45) is 5.10 Å². The third kappa shape index (κ3) is 2.87. The summed E-state index contributed by atoms with van der Waals surface area (Å²) in [4.78, 5) is 29.9. The molecule has 0 amide bonds. The normalized spacial score (nSPS) is 14.1. The number of aryl methyl sites for hydroxylation is 2. The maximum Gasteiger partial charge on any atom is 0.282 e. The zero-order chi connectivity index (χ0) is 17.4. The van der Waals surface area contributed by atoms with E-state index in [4.69, 9.17) is 0 Å². The molecule has 1 aliphatic rings. The number of benzene rings is 1. The average molecular weight is 352 g/mol. The van der Waals surface area contributed by atoms with E-state index < -0.39 is 5.97 Å². The number of hydrogen-bond acceptors (Lipinski definition) is 6. The zero-order valence-corrected chi connectivity index (χ0v) is 14.1. The van der Waals surface area contributed by atoms with Gasteiger partial charge in [0.15, 0.2) is 0 Å². The van der Waals surface area contributed by atoms with E-state index >= 15 is 0 Å². The van der Waals surface area contributed by atoms with E-state index in [9.17, 15) is 14.7 Å². The minimum absolute atomic E-state index is 0.0994. The Morgan fingerprint density at radius 2 is 2.00 bits per heavy atom. The Bertz CT molecular complexity index is 1050. The van der Waals surface area contributed by atoms with Crippen molar-refractivity contribution >= 4 is 33.7 Å². The van der Waals surface area contributed by atoms with E-state index in [1.54, 1.807) is 23.5 Å². The van der Waals surface area contributed by atoms with Gasteiger partial charge in [-0.3, -0.25) is 4.79 Å². The van der Waals surface area contributed by atoms with Crippen LogP contribution in [0.5, 0.6) is 0 Å². The van der Waals surface area contributed by atoms with Crippen molar-refractivity contribution in [3.05, 3.63) is 62.5 Å². The molecule has 2 aromatic heterocycles. The van der Waals surface area contributed by atoms with Gasteiger partial charge in [-0.2, -0.15) is 9.78 Å². The zero-order valence-electron chi connectivity index (χ0n) is 13.3. The summed E-state index contributed by atoms with van der Waals surface area (Å²) in [6, 6.07) is 6.10. The highest BCUT2D eigenvalue weighted by Crippen LogP contribution is 2.33. The Morgan fingerprint density at radius 3 is 2.76 bits per heavy atom. The first-order chi connectivity index (χ1) is 12.1. The van der Waals surface area contributed by atoms with E-state index in [2.05, 4.69) is 10.1 Å². The fraction of sp³-hybridized carbons (Fsp3) is 0.222. The standard InChI is InChI=1S/C18H15N3O3S/c22-17-15-13-3-1-2-4-14(13)25-16(15)19-10-21(17)20-9-11-5-7-12(8-6-11)18(23)24/h5-10H,1-4H2,(H,23,24)/p-1/b20-9-. The first kappa shape index (κ1) is 15.7. The number of carboxylic acids is 1. The van der Waals surface area contributed by atoms with Gasteiger partial charge in [-0.25, -0.2) is 4.98 Å². The van der Waals surface area contributed by atoms with Crippen molar-refractivity contribution in [1.82, 2.24) is 9.66 Å². The molecule has 0 saturated carbocycles. The Hall–Kier alpha value is -2.80. The Balaban J connectivity index is 1.70. The number of nitrogens with zero attached hydrogens (tertiary/aromatic N) is 3. The molecular formula is C18H14N3O3S-. The lowest BCUT2D eigenvalue weighted by Gasteiger charge is -2.09. The van der Waals surface area contributed by atoms with Crippen molar-refractivity contribution in [3.63, 3.8) is 0 Å². The van der Waals surface area contributed by atoms with Crippen molar-refractivity contribution in [2.75, 3.05) is 0 Å². The highest BCUT2D eigenvalue weighted by Gasteiger charge is 2.19. The number of fused-ring (bicyclic) bond motifs is 3. The predicted octanol–water partition coefficient (Wildman–Crippen LogP) is 1.58. The van der Waals surface area contributed by atoms with E-state index in [0.717, 1.165) is 36.1 Å². The van der Waals surface area contributed by atoms with Gasteiger partial charge in [-0.1, -0.05) is 24.3 Å². The lowest BCUT2D eigenvalue weighted by Crippen LogP contribution is -2.22. The molecule has 25 heavy (non-hydrogen) atoms. The Labute approximate surface area is 147 Å². The Morgan fingerprint density at radius 1 is 1.24 bits per heavy atom.